The van der Waals surface area contributed by atoms with Gasteiger partial charge in [0.25, 0.3) is 5.91 Å². The summed E-state index contributed by atoms with van der Waals surface area (Å²) in [7, 11) is 3.06. The first-order valence-electron chi connectivity index (χ1n) is 10.4. The molecule has 1 aliphatic carbocycles. The van der Waals surface area contributed by atoms with E-state index in [1.807, 2.05) is 6.07 Å². The summed E-state index contributed by atoms with van der Waals surface area (Å²) in [4.78, 5) is 20.4. The van der Waals surface area contributed by atoms with Gasteiger partial charge >= 0.3 is 0 Å². The number of ether oxygens (including phenoxy) is 3. The van der Waals surface area contributed by atoms with Crippen LogP contribution < -0.4 is 20.1 Å². The van der Waals surface area contributed by atoms with Gasteiger partial charge in [0, 0.05) is 44.0 Å². The van der Waals surface area contributed by atoms with Gasteiger partial charge in [0.05, 0.1) is 42.0 Å². The van der Waals surface area contributed by atoms with Crippen molar-refractivity contribution in [2.75, 3.05) is 26.1 Å². The lowest BCUT2D eigenvalue weighted by Crippen LogP contribution is -2.31. The number of aromatic nitrogens is 2. The highest BCUT2D eigenvalue weighted by molar-refractivity contribution is 6.06. The van der Waals surface area contributed by atoms with E-state index in [1.165, 1.54) is 13.2 Å². The molecule has 0 spiro atoms. The highest BCUT2D eigenvalue weighted by atomic mass is 19.1. The van der Waals surface area contributed by atoms with E-state index in [2.05, 4.69) is 20.6 Å². The quantitative estimate of drug-likeness (QED) is 0.523. The summed E-state index contributed by atoms with van der Waals surface area (Å²) < 4.78 is 31.0. The number of hydrogen-bond donors (Lipinski definition) is 3. The smallest absolute Gasteiger partial charge is 0.255 e. The number of aromatic amines is 1. The van der Waals surface area contributed by atoms with E-state index in [-0.39, 0.29) is 23.9 Å². The number of para-hydroxylation sites is 1. The molecule has 2 aliphatic rings. The van der Waals surface area contributed by atoms with E-state index in [4.69, 9.17) is 14.2 Å². The number of carbonyl (C=O) groups is 1. The van der Waals surface area contributed by atoms with Crippen molar-refractivity contribution in [3.8, 4) is 22.8 Å². The van der Waals surface area contributed by atoms with E-state index in [1.54, 1.807) is 31.6 Å². The number of amides is 1. The van der Waals surface area contributed by atoms with Gasteiger partial charge in [0.15, 0.2) is 11.6 Å². The maximum absolute atomic E-state index is 14.3. The lowest BCUT2D eigenvalue weighted by Gasteiger charge is -2.17. The number of halogens is 1. The van der Waals surface area contributed by atoms with Crippen LogP contribution in [0.5, 0.6) is 11.5 Å². The Morgan fingerprint density at radius 2 is 2.09 bits per heavy atom. The number of methoxy groups -OCH3 is 2. The Kier molecular flexibility index (Phi) is 5.18. The molecular weight excluding hydrogens is 415 g/mol. The predicted molar refractivity (Wildman–Crippen MR) is 116 cm³/mol. The number of H-pyrrole nitrogens is 1. The first kappa shape index (κ1) is 20.3. The van der Waals surface area contributed by atoms with Crippen LogP contribution in [0.4, 0.5) is 15.8 Å². The molecule has 3 N–H and O–H groups in total. The van der Waals surface area contributed by atoms with Gasteiger partial charge in [-0.2, -0.15) is 0 Å². The molecule has 5 rings (SSSR count). The fraction of sp³-hybridized carbons (Fsp3) is 0.304. The van der Waals surface area contributed by atoms with Crippen LogP contribution in [-0.4, -0.2) is 48.8 Å². The predicted octanol–water partition coefficient (Wildman–Crippen LogP) is 3.42. The van der Waals surface area contributed by atoms with E-state index in [9.17, 15) is 9.18 Å². The van der Waals surface area contributed by atoms with Crippen LogP contribution in [-0.2, 0) is 11.2 Å². The molecule has 0 unspecified atom stereocenters. The number of nitrogens with zero attached hydrogens (tertiary/aromatic N) is 1. The Morgan fingerprint density at radius 1 is 1.22 bits per heavy atom. The van der Waals surface area contributed by atoms with Gasteiger partial charge in [-0.15, -0.1) is 0 Å². The molecule has 32 heavy (non-hydrogen) atoms. The fourth-order valence-corrected chi connectivity index (χ4v) is 4.02. The Hall–Kier alpha value is -3.59. The normalized spacial score (nSPS) is 19.2. The van der Waals surface area contributed by atoms with Crippen LogP contribution in [0.3, 0.4) is 0 Å². The molecule has 8 nitrogen and oxygen atoms in total. The van der Waals surface area contributed by atoms with Gasteiger partial charge < -0.3 is 29.8 Å². The van der Waals surface area contributed by atoms with Gasteiger partial charge in [-0.3, -0.25) is 9.78 Å². The Balaban J connectivity index is 1.62. The van der Waals surface area contributed by atoms with Crippen LogP contribution in [0.15, 0.2) is 36.7 Å². The summed E-state index contributed by atoms with van der Waals surface area (Å²) in [6.07, 6.45) is 4.77. The minimum atomic E-state index is -0.500. The molecule has 1 aromatic carbocycles. The van der Waals surface area contributed by atoms with Gasteiger partial charge in [0.1, 0.15) is 11.9 Å². The van der Waals surface area contributed by atoms with E-state index in [0.29, 0.717) is 41.3 Å². The zero-order chi connectivity index (χ0) is 22.2. The summed E-state index contributed by atoms with van der Waals surface area (Å²) in [5, 5.41) is 6.10. The molecular formula is C23H23FN4O4. The first-order valence-corrected chi connectivity index (χ1v) is 10.4. The van der Waals surface area contributed by atoms with Crippen LogP contribution in [0, 0.1) is 5.82 Å². The molecule has 9 heteroatoms. The van der Waals surface area contributed by atoms with Gasteiger partial charge in [-0.1, -0.05) is 6.07 Å². The largest absolute Gasteiger partial charge is 0.492 e. The minimum absolute atomic E-state index is 0.0458. The number of benzene rings is 1. The molecule has 3 heterocycles. The Labute approximate surface area is 184 Å². The number of anilines is 2. The number of fused-ring (bicyclic) bond motifs is 1. The lowest BCUT2D eigenvalue weighted by molar-refractivity contribution is 0.0947. The first-order chi connectivity index (χ1) is 15.6. The second-order valence-corrected chi connectivity index (χ2v) is 7.72. The monoisotopic (exact) mass is 438 g/mol. The molecule has 0 radical (unpaired) electrons. The summed E-state index contributed by atoms with van der Waals surface area (Å²) in [5.41, 5.74) is 3.61. The number of rotatable bonds is 7. The van der Waals surface area contributed by atoms with Gasteiger partial charge in [0.2, 0.25) is 0 Å². The molecule has 1 saturated carbocycles. The fourth-order valence-electron chi connectivity index (χ4n) is 4.02. The van der Waals surface area contributed by atoms with Crippen LogP contribution >= 0.6 is 0 Å². The second-order valence-electron chi connectivity index (χ2n) is 7.72. The number of pyridine rings is 1. The highest BCUT2D eigenvalue weighted by Gasteiger charge is 2.40. The number of nitrogens with one attached hydrogen (secondary N) is 3. The average molecular weight is 438 g/mol. The topological polar surface area (TPSA) is 97.5 Å². The van der Waals surface area contributed by atoms with Gasteiger partial charge in [-0.05, 0) is 18.2 Å². The Bertz CT molecular complexity index is 1180. The maximum Gasteiger partial charge on any atom is 0.255 e. The zero-order valence-corrected chi connectivity index (χ0v) is 17.7. The van der Waals surface area contributed by atoms with Crippen molar-refractivity contribution in [1.82, 2.24) is 15.3 Å². The van der Waals surface area contributed by atoms with Crippen molar-refractivity contribution in [3.05, 3.63) is 53.7 Å². The van der Waals surface area contributed by atoms with Crippen molar-refractivity contribution < 1.29 is 23.4 Å². The molecule has 2 atom stereocenters. The summed E-state index contributed by atoms with van der Waals surface area (Å²) in [5.74, 6) is -0.0630. The third-order valence-corrected chi connectivity index (χ3v) is 5.71. The van der Waals surface area contributed by atoms with Crippen molar-refractivity contribution in [2.45, 2.75) is 25.0 Å². The summed E-state index contributed by atoms with van der Waals surface area (Å²) in [6.45, 7) is 0.534. The standard InChI is InChI=1S/C23H23FN4O4/c1-30-16-10-17(16)32-18-11-25-8-6-12(18)20-21(19-14(27-20)7-9-26-23(19)29)28-15-5-3-4-13(24)22(15)31-2/h3-6,8,11,16-17,27-28H,7,9-10H2,1-2H3,(H,26,29)/t16-,17-/m1/s1. The van der Waals surface area contributed by atoms with E-state index < -0.39 is 5.82 Å². The third kappa shape index (κ3) is 3.54. The number of carbonyl (C=O) groups excluding carboxylic acids is 1. The molecule has 3 aromatic rings. The van der Waals surface area contributed by atoms with Gasteiger partial charge in [-0.25, -0.2) is 4.39 Å². The van der Waals surface area contributed by atoms with Crippen molar-refractivity contribution in [1.29, 1.82) is 0 Å². The Morgan fingerprint density at radius 3 is 2.88 bits per heavy atom. The summed E-state index contributed by atoms with van der Waals surface area (Å²) >= 11 is 0. The minimum Gasteiger partial charge on any atom is -0.492 e. The van der Waals surface area contributed by atoms with Crippen molar-refractivity contribution >= 4 is 17.3 Å². The lowest BCUT2D eigenvalue weighted by atomic mass is 10.0. The van der Waals surface area contributed by atoms with Crippen LogP contribution in [0.1, 0.15) is 22.5 Å². The second kappa shape index (κ2) is 8.16. The average Bonchev–Trinajstić information content (AvgIpc) is 3.45. The highest BCUT2D eigenvalue weighted by Crippen LogP contribution is 2.43. The molecule has 2 aromatic heterocycles. The summed E-state index contributed by atoms with van der Waals surface area (Å²) in [6, 6.07) is 6.42. The molecule has 0 bridgehead atoms. The number of hydrogen-bond acceptors (Lipinski definition) is 6. The van der Waals surface area contributed by atoms with Crippen molar-refractivity contribution in [3.63, 3.8) is 0 Å². The molecule has 1 aliphatic heterocycles. The van der Waals surface area contributed by atoms with E-state index >= 15 is 0 Å². The molecule has 1 fully saturated rings. The SMILES string of the molecule is COc1c(F)cccc1Nc1c(-c2ccncc2O[C@@H]2C[C@H]2OC)[nH]c2c1C(=O)NCC2. The third-order valence-electron chi connectivity index (χ3n) is 5.71. The van der Waals surface area contributed by atoms with Crippen molar-refractivity contribution in [2.24, 2.45) is 0 Å². The molecule has 166 valence electrons. The zero-order valence-electron chi connectivity index (χ0n) is 17.7. The molecule has 0 saturated heterocycles. The van der Waals surface area contributed by atoms with Crippen LogP contribution in [0.25, 0.3) is 11.3 Å². The molecule has 1 amide bonds. The maximum atomic E-state index is 14.3. The van der Waals surface area contributed by atoms with Crippen LogP contribution in [0.2, 0.25) is 0 Å². The van der Waals surface area contributed by atoms with E-state index in [0.717, 1.165) is 17.7 Å².